The van der Waals surface area contributed by atoms with E-state index in [1.165, 1.54) is 6.07 Å². The number of anilines is 1. The summed E-state index contributed by atoms with van der Waals surface area (Å²) in [7, 11) is 0. The van der Waals surface area contributed by atoms with Gasteiger partial charge in [-0.3, -0.25) is 0 Å². The van der Waals surface area contributed by atoms with E-state index < -0.39 is 6.10 Å². The average molecular weight is 253 g/mol. The fourth-order valence-electron chi connectivity index (χ4n) is 2.59. The van der Waals surface area contributed by atoms with Crippen LogP contribution in [0, 0.1) is 5.82 Å². The minimum absolute atomic E-state index is 0.110. The van der Waals surface area contributed by atoms with Crippen molar-refractivity contribution in [2.75, 3.05) is 18.0 Å². The van der Waals surface area contributed by atoms with Gasteiger partial charge in [0, 0.05) is 24.3 Å². The molecule has 1 N–H and O–H groups in total. The van der Waals surface area contributed by atoms with Crippen LogP contribution in [0.15, 0.2) is 18.2 Å². The van der Waals surface area contributed by atoms with Gasteiger partial charge < -0.3 is 14.7 Å². The number of morpholine rings is 1. The van der Waals surface area contributed by atoms with Crippen LogP contribution in [-0.4, -0.2) is 30.4 Å². The Balaban J connectivity index is 2.35. The number of aliphatic hydroxyl groups excluding tert-OH is 1. The highest BCUT2D eigenvalue weighted by molar-refractivity contribution is 5.55. The molecule has 4 heteroatoms. The van der Waals surface area contributed by atoms with Crippen molar-refractivity contribution in [3.8, 4) is 0 Å². The van der Waals surface area contributed by atoms with E-state index in [0.29, 0.717) is 18.7 Å². The molecule has 1 unspecified atom stereocenters. The van der Waals surface area contributed by atoms with E-state index in [1.54, 1.807) is 13.0 Å². The monoisotopic (exact) mass is 253 g/mol. The highest BCUT2D eigenvalue weighted by Crippen LogP contribution is 2.30. The van der Waals surface area contributed by atoms with Crippen molar-refractivity contribution in [3.63, 3.8) is 0 Å². The quantitative estimate of drug-likeness (QED) is 0.879. The maximum Gasteiger partial charge on any atom is 0.131 e. The van der Waals surface area contributed by atoms with Gasteiger partial charge in [-0.15, -0.1) is 0 Å². The molecular weight excluding hydrogens is 233 g/mol. The normalized spacial score (nSPS) is 26.2. The summed E-state index contributed by atoms with van der Waals surface area (Å²) < 4.78 is 19.5. The third kappa shape index (κ3) is 2.65. The van der Waals surface area contributed by atoms with E-state index in [4.69, 9.17) is 4.74 Å². The summed E-state index contributed by atoms with van der Waals surface area (Å²) in [5.74, 6) is -0.353. The molecule has 0 bridgehead atoms. The number of halogens is 1. The molecule has 1 aromatic carbocycles. The third-order valence-corrected chi connectivity index (χ3v) is 3.21. The molecule has 0 aromatic heterocycles. The van der Waals surface area contributed by atoms with Gasteiger partial charge in [-0.05, 0) is 32.9 Å². The predicted octanol–water partition coefficient (Wildman–Crippen LogP) is 2.49. The van der Waals surface area contributed by atoms with Crippen molar-refractivity contribution in [1.29, 1.82) is 0 Å². The minimum Gasteiger partial charge on any atom is -0.389 e. The number of ether oxygens (including phenoxy) is 1. The number of aliphatic hydroxyl groups is 1. The lowest BCUT2D eigenvalue weighted by molar-refractivity contribution is -0.00541. The molecule has 0 aliphatic carbocycles. The van der Waals surface area contributed by atoms with E-state index in [-0.39, 0.29) is 18.0 Å². The van der Waals surface area contributed by atoms with E-state index in [0.717, 1.165) is 5.69 Å². The summed E-state index contributed by atoms with van der Waals surface area (Å²) in [6.45, 7) is 7.03. The van der Waals surface area contributed by atoms with Crippen LogP contribution in [0.25, 0.3) is 0 Å². The Labute approximate surface area is 107 Å². The van der Waals surface area contributed by atoms with Gasteiger partial charge in [-0.1, -0.05) is 6.07 Å². The first-order chi connectivity index (χ1) is 8.49. The summed E-state index contributed by atoms with van der Waals surface area (Å²) in [6.07, 6.45) is -0.590. The van der Waals surface area contributed by atoms with Gasteiger partial charge in [0.1, 0.15) is 5.82 Å². The maximum atomic E-state index is 13.8. The summed E-state index contributed by atoms with van der Waals surface area (Å²) in [5, 5.41) is 9.75. The van der Waals surface area contributed by atoms with Crippen molar-refractivity contribution >= 4 is 5.69 Å². The Hall–Kier alpha value is -1.13. The summed E-state index contributed by atoms with van der Waals surface area (Å²) in [5.41, 5.74) is 1.14. The SMILES string of the molecule is CC(O)c1c(F)cccc1N1C[C@@H](C)O[C@@H](C)C1. The summed E-state index contributed by atoms with van der Waals surface area (Å²) >= 11 is 0. The van der Waals surface area contributed by atoms with Crippen LogP contribution in [-0.2, 0) is 4.74 Å². The first kappa shape index (κ1) is 13.3. The zero-order valence-corrected chi connectivity index (χ0v) is 11.1. The lowest BCUT2D eigenvalue weighted by atomic mass is 10.0. The van der Waals surface area contributed by atoms with E-state index in [1.807, 2.05) is 19.9 Å². The van der Waals surface area contributed by atoms with Crippen LogP contribution < -0.4 is 4.90 Å². The number of rotatable bonds is 2. The Morgan fingerprint density at radius 2 is 1.94 bits per heavy atom. The number of nitrogens with zero attached hydrogens (tertiary/aromatic N) is 1. The zero-order chi connectivity index (χ0) is 13.3. The zero-order valence-electron chi connectivity index (χ0n) is 11.1. The number of benzene rings is 1. The number of hydrogen-bond acceptors (Lipinski definition) is 3. The minimum atomic E-state index is -0.811. The van der Waals surface area contributed by atoms with Crippen molar-refractivity contribution in [1.82, 2.24) is 0 Å². The first-order valence-electron chi connectivity index (χ1n) is 6.36. The Kier molecular flexibility index (Phi) is 3.88. The largest absolute Gasteiger partial charge is 0.389 e. The molecule has 1 aromatic rings. The van der Waals surface area contributed by atoms with Gasteiger partial charge >= 0.3 is 0 Å². The molecule has 3 atom stereocenters. The molecule has 2 rings (SSSR count). The van der Waals surface area contributed by atoms with Crippen LogP contribution in [0.5, 0.6) is 0 Å². The molecule has 0 radical (unpaired) electrons. The van der Waals surface area contributed by atoms with Gasteiger partial charge in [0.15, 0.2) is 0 Å². The van der Waals surface area contributed by atoms with Crippen LogP contribution in [0.1, 0.15) is 32.4 Å². The maximum absolute atomic E-state index is 13.8. The highest BCUT2D eigenvalue weighted by atomic mass is 19.1. The molecule has 100 valence electrons. The summed E-state index contributed by atoms with van der Waals surface area (Å²) in [4.78, 5) is 2.09. The lowest BCUT2D eigenvalue weighted by Gasteiger charge is -2.38. The number of hydrogen-bond donors (Lipinski definition) is 1. The molecule has 3 nitrogen and oxygen atoms in total. The van der Waals surface area contributed by atoms with Gasteiger partial charge in [-0.2, -0.15) is 0 Å². The highest BCUT2D eigenvalue weighted by Gasteiger charge is 2.26. The van der Waals surface area contributed by atoms with Crippen molar-refractivity contribution in [3.05, 3.63) is 29.6 Å². The lowest BCUT2D eigenvalue weighted by Crippen LogP contribution is -2.46. The van der Waals surface area contributed by atoms with Gasteiger partial charge in [0.05, 0.1) is 18.3 Å². The Morgan fingerprint density at radius 1 is 1.33 bits per heavy atom. The average Bonchev–Trinajstić information content (AvgIpc) is 2.26. The van der Waals surface area contributed by atoms with Gasteiger partial charge in [0.25, 0.3) is 0 Å². The molecule has 0 saturated carbocycles. The van der Waals surface area contributed by atoms with Crippen LogP contribution in [0.3, 0.4) is 0 Å². The second-order valence-corrected chi connectivity index (χ2v) is 5.01. The second kappa shape index (κ2) is 5.24. The topological polar surface area (TPSA) is 32.7 Å². The van der Waals surface area contributed by atoms with Crippen molar-refractivity contribution in [2.24, 2.45) is 0 Å². The van der Waals surface area contributed by atoms with E-state index in [2.05, 4.69) is 4.90 Å². The molecule has 18 heavy (non-hydrogen) atoms. The molecule has 1 aliphatic rings. The van der Waals surface area contributed by atoms with Crippen LogP contribution in [0.2, 0.25) is 0 Å². The first-order valence-corrected chi connectivity index (χ1v) is 6.36. The predicted molar refractivity (Wildman–Crippen MR) is 69.3 cm³/mol. The smallest absolute Gasteiger partial charge is 0.131 e. The fraction of sp³-hybridized carbons (Fsp3) is 0.571. The van der Waals surface area contributed by atoms with Gasteiger partial charge in [0.2, 0.25) is 0 Å². The van der Waals surface area contributed by atoms with Crippen LogP contribution in [0.4, 0.5) is 10.1 Å². The molecule has 0 spiro atoms. The standard InChI is InChI=1S/C14H20FNO2/c1-9-7-16(8-10(2)18-9)13-6-4-5-12(15)14(13)11(3)17/h4-6,9-11,17H,7-8H2,1-3H3/t9-,10+,11?. The van der Waals surface area contributed by atoms with Crippen LogP contribution >= 0.6 is 0 Å². The summed E-state index contributed by atoms with van der Waals surface area (Å²) in [6, 6.07) is 4.93. The van der Waals surface area contributed by atoms with Crippen molar-refractivity contribution in [2.45, 2.75) is 39.1 Å². The van der Waals surface area contributed by atoms with Crippen molar-refractivity contribution < 1.29 is 14.2 Å². The second-order valence-electron chi connectivity index (χ2n) is 5.01. The Morgan fingerprint density at radius 3 is 2.50 bits per heavy atom. The molecule has 1 heterocycles. The van der Waals surface area contributed by atoms with E-state index >= 15 is 0 Å². The molecule has 1 fully saturated rings. The van der Waals surface area contributed by atoms with Gasteiger partial charge in [-0.25, -0.2) is 4.39 Å². The molecule has 0 amide bonds. The van der Waals surface area contributed by atoms with E-state index in [9.17, 15) is 9.50 Å². The fourth-order valence-corrected chi connectivity index (χ4v) is 2.59. The molecule has 1 saturated heterocycles. The Bertz CT molecular complexity index is 412. The molecular formula is C14H20FNO2. The third-order valence-electron chi connectivity index (χ3n) is 3.21. The molecule has 1 aliphatic heterocycles.